The van der Waals surface area contributed by atoms with E-state index in [1.54, 1.807) is 22.6 Å². The smallest absolute Gasteiger partial charge is 0.387 e. The first-order chi connectivity index (χ1) is 5.61. The first kappa shape index (κ1) is 9.56. The summed E-state index contributed by atoms with van der Waals surface area (Å²) >= 11 is 1.56. The van der Waals surface area contributed by atoms with Crippen LogP contribution in [0.25, 0.3) is 0 Å². The highest BCUT2D eigenvalue weighted by atomic mass is 127. The zero-order valence-corrected chi connectivity index (χ0v) is 7.76. The lowest BCUT2D eigenvalue weighted by Gasteiger charge is -2.05. The summed E-state index contributed by atoms with van der Waals surface area (Å²) in [5.74, 6) is -0.917. The molecule has 12 heavy (non-hydrogen) atoms. The second-order valence-electron chi connectivity index (χ2n) is 1.81. The van der Waals surface area contributed by atoms with Gasteiger partial charge in [-0.1, -0.05) is 0 Å². The van der Waals surface area contributed by atoms with Crippen LogP contribution >= 0.6 is 22.6 Å². The molecule has 1 aromatic rings. The molecule has 0 radical (unpaired) electrons. The van der Waals surface area contributed by atoms with Crippen LogP contribution in [0.5, 0.6) is 5.75 Å². The second kappa shape index (κ2) is 3.92. The fourth-order valence-electron chi connectivity index (χ4n) is 0.580. The molecular weight excluding hydrogens is 286 g/mol. The van der Waals surface area contributed by atoms with Gasteiger partial charge in [0.1, 0.15) is 0 Å². The number of rotatable bonds is 2. The summed E-state index contributed by atoms with van der Waals surface area (Å²) in [5, 5.41) is 0. The molecule has 0 aliphatic heterocycles. The van der Waals surface area contributed by atoms with Crippen molar-refractivity contribution in [3.63, 3.8) is 0 Å². The van der Waals surface area contributed by atoms with Gasteiger partial charge in [-0.3, -0.25) is 4.98 Å². The largest absolute Gasteiger partial charge is 0.432 e. The summed E-state index contributed by atoms with van der Waals surface area (Å²) in [7, 11) is 0. The average molecular weight is 289 g/mol. The molecule has 1 aromatic heterocycles. The molecule has 2 nitrogen and oxygen atoms in total. The number of alkyl halides is 2. The van der Waals surface area contributed by atoms with E-state index < -0.39 is 12.4 Å². The average Bonchev–Trinajstić information content (AvgIpc) is 1.98. The van der Waals surface area contributed by atoms with Crippen molar-refractivity contribution in [1.29, 1.82) is 0 Å². The van der Waals surface area contributed by atoms with Crippen molar-refractivity contribution in [2.45, 2.75) is 6.61 Å². The van der Waals surface area contributed by atoms with Crippen LogP contribution in [0.4, 0.5) is 13.2 Å². The van der Waals surface area contributed by atoms with Gasteiger partial charge in [0.05, 0.1) is 16.0 Å². The lowest BCUT2D eigenvalue weighted by Crippen LogP contribution is -2.04. The minimum absolute atomic E-state index is 0.00269. The van der Waals surface area contributed by atoms with Crippen LogP contribution in [0.1, 0.15) is 0 Å². The Bertz CT molecular complexity index is 281. The third kappa shape index (κ3) is 2.23. The fraction of sp³-hybridized carbons (Fsp3) is 0.167. The minimum Gasteiger partial charge on any atom is -0.432 e. The van der Waals surface area contributed by atoms with Gasteiger partial charge in [-0.25, -0.2) is 4.39 Å². The maximum atomic E-state index is 12.6. The lowest BCUT2D eigenvalue weighted by atomic mass is 10.4. The van der Waals surface area contributed by atoms with Crippen molar-refractivity contribution in [2.75, 3.05) is 0 Å². The number of hydrogen-bond acceptors (Lipinski definition) is 2. The molecular formula is C6H3F3INO. The van der Waals surface area contributed by atoms with Crippen LogP contribution in [-0.2, 0) is 0 Å². The number of nitrogens with zero attached hydrogens (tertiary/aromatic N) is 1. The van der Waals surface area contributed by atoms with Gasteiger partial charge in [-0.15, -0.1) is 0 Å². The lowest BCUT2D eigenvalue weighted by molar-refractivity contribution is -0.0508. The van der Waals surface area contributed by atoms with Crippen LogP contribution in [-0.4, -0.2) is 11.6 Å². The van der Waals surface area contributed by atoms with Crippen molar-refractivity contribution in [2.24, 2.45) is 0 Å². The van der Waals surface area contributed by atoms with E-state index in [1.165, 1.54) is 0 Å². The molecule has 0 atom stereocenters. The van der Waals surface area contributed by atoms with Gasteiger partial charge < -0.3 is 4.74 Å². The zero-order valence-electron chi connectivity index (χ0n) is 5.60. The zero-order chi connectivity index (χ0) is 9.14. The van der Waals surface area contributed by atoms with Crippen LogP contribution in [0.15, 0.2) is 12.4 Å². The molecule has 0 N–H and O–H groups in total. The van der Waals surface area contributed by atoms with Crippen molar-refractivity contribution in [3.05, 3.63) is 21.8 Å². The summed E-state index contributed by atoms with van der Waals surface area (Å²) < 4.78 is 39.9. The molecule has 1 rings (SSSR count). The van der Waals surface area contributed by atoms with Crippen LogP contribution in [0.3, 0.4) is 0 Å². The Hall–Kier alpha value is -0.530. The normalized spacial score (nSPS) is 10.4. The summed E-state index contributed by atoms with van der Waals surface area (Å²) in [5.41, 5.74) is 0. The maximum absolute atomic E-state index is 12.6. The number of ether oxygens (including phenoxy) is 1. The van der Waals surface area contributed by atoms with E-state index in [2.05, 4.69) is 9.72 Å². The van der Waals surface area contributed by atoms with Crippen LogP contribution < -0.4 is 4.74 Å². The highest BCUT2D eigenvalue weighted by Gasteiger charge is 2.11. The van der Waals surface area contributed by atoms with Gasteiger partial charge in [0.15, 0.2) is 11.6 Å². The van der Waals surface area contributed by atoms with Crippen molar-refractivity contribution < 1.29 is 17.9 Å². The number of pyridine rings is 1. The van der Waals surface area contributed by atoms with E-state index >= 15 is 0 Å². The van der Waals surface area contributed by atoms with E-state index in [0.29, 0.717) is 0 Å². The molecule has 1 heterocycles. The van der Waals surface area contributed by atoms with Gasteiger partial charge in [0.2, 0.25) is 0 Å². The monoisotopic (exact) mass is 289 g/mol. The van der Waals surface area contributed by atoms with Crippen LogP contribution in [0, 0.1) is 9.39 Å². The van der Waals surface area contributed by atoms with Gasteiger partial charge in [-0.2, -0.15) is 8.78 Å². The van der Waals surface area contributed by atoms with Gasteiger partial charge >= 0.3 is 6.61 Å². The third-order valence-corrected chi connectivity index (χ3v) is 2.07. The Balaban J connectivity index is 2.92. The summed E-state index contributed by atoms with van der Waals surface area (Å²) in [6, 6.07) is 0. The summed E-state index contributed by atoms with van der Waals surface area (Å²) in [4.78, 5) is 3.36. The highest BCUT2D eigenvalue weighted by molar-refractivity contribution is 14.1. The molecule has 66 valence electrons. The molecule has 6 heteroatoms. The molecule has 0 aromatic carbocycles. The number of halogens is 4. The van der Waals surface area contributed by atoms with E-state index in [9.17, 15) is 13.2 Å². The van der Waals surface area contributed by atoms with Gasteiger partial charge in [0, 0.05) is 0 Å². The van der Waals surface area contributed by atoms with Gasteiger partial charge in [0.25, 0.3) is 0 Å². The first-order valence-corrected chi connectivity index (χ1v) is 3.93. The SMILES string of the molecule is Fc1cncc(OC(F)F)c1I. The maximum Gasteiger partial charge on any atom is 0.387 e. The number of hydrogen-bond donors (Lipinski definition) is 0. The minimum atomic E-state index is -2.96. The van der Waals surface area contributed by atoms with Crippen LogP contribution in [0.2, 0.25) is 0 Å². The Kier molecular flexibility index (Phi) is 3.12. The fourth-order valence-corrected chi connectivity index (χ4v) is 0.985. The van der Waals surface area contributed by atoms with Gasteiger partial charge in [-0.05, 0) is 22.6 Å². The van der Waals surface area contributed by atoms with E-state index in [0.717, 1.165) is 12.4 Å². The summed E-state index contributed by atoms with van der Waals surface area (Å²) in [6.07, 6.45) is 1.97. The Morgan fingerprint density at radius 3 is 2.67 bits per heavy atom. The third-order valence-electron chi connectivity index (χ3n) is 1.02. The predicted molar refractivity (Wildman–Crippen MR) is 43.5 cm³/mol. The predicted octanol–water partition coefficient (Wildman–Crippen LogP) is 2.43. The molecule has 0 spiro atoms. The Morgan fingerprint density at radius 2 is 2.08 bits per heavy atom. The Morgan fingerprint density at radius 1 is 1.42 bits per heavy atom. The van der Waals surface area contributed by atoms with E-state index in [-0.39, 0.29) is 9.32 Å². The molecule has 0 aliphatic rings. The molecule has 0 unspecified atom stereocenters. The highest BCUT2D eigenvalue weighted by Crippen LogP contribution is 2.23. The molecule has 0 saturated heterocycles. The van der Waals surface area contributed by atoms with Crippen molar-refractivity contribution in [1.82, 2.24) is 4.98 Å². The van der Waals surface area contributed by atoms with E-state index in [4.69, 9.17) is 0 Å². The first-order valence-electron chi connectivity index (χ1n) is 2.85. The Labute approximate surface area is 79.9 Å². The number of aromatic nitrogens is 1. The molecule has 0 saturated carbocycles. The molecule has 0 fully saturated rings. The topological polar surface area (TPSA) is 22.1 Å². The van der Waals surface area contributed by atoms with E-state index in [1.807, 2.05) is 0 Å². The van der Waals surface area contributed by atoms with Crippen molar-refractivity contribution >= 4 is 22.6 Å². The second-order valence-corrected chi connectivity index (χ2v) is 2.89. The molecule has 0 aliphatic carbocycles. The standard InChI is InChI=1S/C6H3F3INO/c7-3-1-11-2-4(5(3)10)12-6(8)9/h1-2,6H. The van der Waals surface area contributed by atoms with Crippen molar-refractivity contribution in [3.8, 4) is 5.75 Å². The molecule has 0 amide bonds. The molecule has 0 bridgehead atoms. The summed E-state index contributed by atoms with van der Waals surface area (Å²) in [6.45, 7) is -2.96. The quantitative estimate of drug-likeness (QED) is 0.780.